The number of aromatic nitrogens is 2. The zero-order chi connectivity index (χ0) is 17.5. The molecule has 1 fully saturated rings. The number of hydrogen-bond acceptors (Lipinski definition) is 5. The van der Waals surface area contributed by atoms with Crippen LogP contribution in [0, 0.1) is 0 Å². The predicted octanol–water partition coefficient (Wildman–Crippen LogP) is 1.89. The predicted molar refractivity (Wildman–Crippen MR) is 103 cm³/mol. The van der Waals surface area contributed by atoms with E-state index in [4.69, 9.17) is 12.2 Å². The summed E-state index contributed by atoms with van der Waals surface area (Å²) in [7, 11) is 0. The molecule has 0 radical (unpaired) electrons. The quantitative estimate of drug-likeness (QED) is 0.514. The summed E-state index contributed by atoms with van der Waals surface area (Å²) in [4.78, 5) is 12.9. The monoisotopic (exact) mass is 354 g/mol. The molecule has 3 heterocycles. The molecule has 130 valence electrons. The van der Waals surface area contributed by atoms with Gasteiger partial charge in [-0.2, -0.15) is 5.10 Å². The van der Waals surface area contributed by atoms with Crippen molar-refractivity contribution >= 4 is 23.0 Å². The molecule has 0 unspecified atom stereocenters. The third-order valence-electron chi connectivity index (χ3n) is 4.17. The number of thiocarbonyl (C=S) groups is 1. The molecule has 3 rings (SSSR count). The van der Waals surface area contributed by atoms with Crippen molar-refractivity contribution in [1.29, 1.82) is 0 Å². The Bertz CT molecular complexity index is 711. The van der Waals surface area contributed by atoms with Crippen molar-refractivity contribution in [2.45, 2.75) is 13.5 Å². The van der Waals surface area contributed by atoms with E-state index < -0.39 is 0 Å². The first-order valence-corrected chi connectivity index (χ1v) is 8.75. The van der Waals surface area contributed by atoms with E-state index >= 15 is 0 Å². The van der Waals surface area contributed by atoms with Crippen LogP contribution < -0.4 is 5.43 Å². The first kappa shape index (κ1) is 17.4. The van der Waals surface area contributed by atoms with Crippen molar-refractivity contribution in [1.82, 2.24) is 25.2 Å². The lowest BCUT2D eigenvalue weighted by Crippen LogP contribution is -2.50. The maximum absolute atomic E-state index is 5.47. The number of piperazine rings is 1. The van der Waals surface area contributed by atoms with Gasteiger partial charge in [0, 0.05) is 51.3 Å². The molecule has 0 aromatic carbocycles. The van der Waals surface area contributed by atoms with Crippen molar-refractivity contribution in [2.24, 2.45) is 5.10 Å². The first-order valence-electron chi connectivity index (χ1n) is 8.34. The van der Waals surface area contributed by atoms with Gasteiger partial charge in [0.2, 0.25) is 0 Å². The number of nitrogens with one attached hydrogen (secondary N) is 1. The molecule has 0 spiro atoms. The van der Waals surface area contributed by atoms with Crippen LogP contribution in [0.1, 0.15) is 18.2 Å². The summed E-state index contributed by atoms with van der Waals surface area (Å²) < 4.78 is 0. The van der Waals surface area contributed by atoms with Crippen LogP contribution in [0.4, 0.5) is 0 Å². The van der Waals surface area contributed by atoms with Gasteiger partial charge < -0.3 is 4.90 Å². The fourth-order valence-corrected chi connectivity index (χ4v) is 2.92. The second-order valence-corrected chi connectivity index (χ2v) is 6.33. The van der Waals surface area contributed by atoms with Crippen LogP contribution in [-0.4, -0.2) is 56.8 Å². The zero-order valence-electron chi connectivity index (χ0n) is 14.3. The Kier molecular flexibility index (Phi) is 6.03. The highest BCUT2D eigenvalue weighted by Gasteiger charge is 2.18. The molecule has 1 N–H and O–H groups in total. The average Bonchev–Trinajstić information content (AvgIpc) is 2.68. The number of hydrogen-bond donors (Lipinski definition) is 1. The van der Waals surface area contributed by atoms with Crippen molar-refractivity contribution in [3.8, 4) is 0 Å². The molecule has 1 saturated heterocycles. The average molecular weight is 354 g/mol. The highest BCUT2D eigenvalue weighted by atomic mass is 32.1. The molecule has 1 aliphatic heterocycles. The smallest absolute Gasteiger partial charge is 0.189 e. The van der Waals surface area contributed by atoms with Gasteiger partial charge in [0.15, 0.2) is 5.11 Å². The van der Waals surface area contributed by atoms with Crippen LogP contribution >= 0.6 is 12.2 Å². The lowest BCUT2D eigenvalue weighted by atomic mass is 10.2. The second-order valence-electron chi connectivity index (χ2n) is 5.95. The number of pyridine rings is 2. The van der Waals surface area contributed by atoms with Crippen LogP contribution in [0.25, 0.3) is 0 Å². The van der Waals surface area contributed by atoms with Gasteiger partial charge in [-0.15, -0.1) is 0 Å². The van der Waals surface area contributed by atoms with E-state index in [0.717, 1.165) is 44.1 Å². The normalized spacial score (nSPS) is 15.9. The summed E-state index contributed by atoms with van der Waals surface area (Å²) >= 11 is 5.47. The second kappa shape index (κ2) is 8.64. The van der Waals surface area contributed by atoms with E-state index in [0.29, 0.717) is 5.11 Å². The van der Waals surface area contributed by atoms with Crippen LogP contribution in [0.2, 0.25) is 0 Å². The summed E-state index contributed by atoms with van der Waals surface area (Å²) in [5, 5.41) is 5.02. The van der Waals surface area contributed by atoms with Gasteiger partial charge in [-0.25, -0.2) is 0 Å². The van der Waals surface area contributed by atoms with Crippen molar-refractivity contribution in [2.75, 3.05) is 26.2 Å². The molecule has 6 nitrogen and oxygen atoms in total. The van der Waals surface area contributed by atoms with Gasteiger partial charge in [-0.1, -0.05) is 6.07 Å². The Morgan fingerprint density at radius 3 is 2.56 bits per heavy atom. The van der Waals surface area contributed by atoms with Crippen LogP contribution in [0.5, 0.6) is 0 Å². The summed E-state index contributed by atoms with van der Waals surface area (Å²) in [5.41, 5.74) is 5.95. The van der Waals surface area contributed by atoms with Gasteiger partial charge in [0.05, 0.1) is 11.4 Å². The Balaban J connectivity index is 1.47. The van der Waals surface area contributed by atoms with Crippen LogP contribution in [-0.2, 0) is 6.54 Å². The van der Waals surface area contributed by atoms with Crippen molar-refractivity contribution in [3.05, 3.63) is 60.2 Å². The van der Waals surface area contributed by atoms with Gasteiger partial charge in [-0.05, 0) is 49.0 Å². The van der Waals surface area contributed by atoms with Gasteiger partial charge in [-0.3, -0.25) is 20.3 Å². The molecule has 1 aliphatic rings. The van der Waals surface area contributed by atoms with E-state index in [1.54, 1.807) is 6.20 Å². The van der Waals surface area contributed by atoms with Gasteiger partial charge >= 0.3 is 0 Å². The molecule has 0 bridgehead atoms. The van der Waals surface area contributed by atoms with Gasteiger partial charge in [0.1, 0.15) is 0 Å². The minimum atomic E-state index is 0.666. The Morgan fingerprint density at radius 1 is 1.12 bits per heavy atom. The third-order valence-corrected chi connectivity index (χ3v) is 4.52. The number of rotatable bonds is 4. The number of hydrazone groups is 1. The molecule has 25 heavy (non-hydrogen) atoms. The molecule has 2 aromatic heterocycles. The molecular weight excluding hydrogens is 332 g/mol. The lowest BCUT2D eigenvalue weighted by molar-refractivity contribution is 0.174. The Morgan fingerprint density at radius 2 is 1.88 bits per heavy atom. The fourth-order valence-electron chi connectivity index (χ4n) is 2.69. The largest absolute Gasteiger partial charge is 0.345 e. The highest BCUT2D eigenvalue weighted by Crippen LogP contribution is 2.08. The summed E-state index contributed by atoms with van der Waals surface area (Å²) in [6.45, 7) is 6.63. The van der Waals surface area contributed by atoms with Crippen LogP contribution in [0.3, 0.4) is 0 Å². The third kappa shape index (κ3) is 5.04. The topological polar surface area (TPSA) is 56.7 Å². The van der Waals surface area contributed by atoms with Crippen LogP contribution in [0.15, 0.2) is 54.0 Å². The molecule has 0 saturated carbocycles. The van der Waals surface area contributed by atoms with E-state index in [9.17, 15) is 0 Å². The van der Waals surface area contributed by atoms with Crippen molar-refractivity contribution in [3.63, 3.8) is 0 Å². The molecule has 0 aliphatic carbocycles. The molecule has 0 amide bonds. The summed E-state index contributed by atoms with van der Waals surface area (Å²) in [6, 6.07) is 9.89. The summed E-state index contributed by atoms with van der Waals surface area (Å²) in [6.07, 6.45) is 5.44. The standard InChI is InChI=1S/C18H22N6S/c1-15(17-4-2-3-7-20-17)21-22-18(25)24-12-10-23(11-13-24)14-16-5-8-19-9-6-16/h2-9H,10-14H2,1H3,(H,22,25)/b21-15-. The maximum Gasteiger partial charge on any atom is 0.189 e. The first-order chi connectivity index (χ1) is 12.2. The fraction of sp³-hybridized carbons (Fsp3) is 0.333. The van der Waals surface area contributed by atoms with Crippen molar-refractivity contribution < 1.29 is 0 Å². The van der Waals surface area contributed by atoms with E-state index in [2.05, 4.69) is 42.4 Å². The molecule has 7 heteroatoms. The maximum atomic E-state index is 5.47. The highest BCUT2D eigenvalue weighted by molar-refractivity contribution is 7.80. The number of nitrogens with zero attached hydrogens (tertiary/aromatic N) is 5. The van der Waals surface area contributed by atoms with E-state index in [1.165, 1.54) is 5.56 Å². The molecule has 0 atom stereocenters. The van der Waals surface area contributed by atoms with E-state index in [-0.39, 0.29) is 0 Å². The minimum absolute atomic E-state index is 0.666. The molecular formula is C18H22N6S. The Hall–Kier alpha value is -2.38. The lowest BCUT2D eigenvalue weighted by Gasteiger charge is -2.35. The molecule has 2 aromatic rings. The van der Waals surface area contributed by atoms with E-state index in [1.807, 2.05) is 37.5 Å². The Labute approximate surface area is 153 Å². The zero-order valence-corrected chi connectivity index (χ0v) is 15.1. The van der Waals surface area contributed by atoms with Gasteiger partial charge in [0.25, 0.3) is 0 Å². The minimum Gasteiger partial charge on any atom is -0.345 e. The summed E-state index contributed by atoms with van der Waals surface area (Å²) in [5.74, 6) is 0. The SMILES string of the molecule is C/C(=N/NC(=S)N1CCN(Cc2ccncc2)CC1)c1ccccn1.